The average Bonchev–Trinajstić information content (AvgIpc) is 3.35. The van der Waals surface area contributed by atoms with E-state index in [9.17, 15) is 4.79 Å². The van der Waals surface area contributed by atoms with Crippen molar-refractivity contribution in [2.75, 3.05) is 38.2 Å². The van der Waals surface area contributed by atoms with Crippen molar-refractivity contribution in [3.8, 4) is 5.88 Å². The summed E-state index contributed by atoms with van der Waals surface area (Å²) in [5.41, 5.74) is 0.968. The minimum absolute atomic E-state index is 0.301. The Morgan fingerprint density at radius 1 is 1.14 bits per heavy atom. The minimum Gasteiger partial charge on any atom is -0.481 e. The van der Waals surface area contributed by atoms with E-state index in [-0.39, 0.29) is 0 Å². The summed E-state index contributed by atoms with van der Waals surface area (Å²) in [6.45, 7) is 7.23. The van der Waals surface area contributed by atoms with Gasteiger partial charge in [0.15, 0.2) is 0 Å². The summed E-state index contributed by atoms with van der Waals surface area (Å²) in [4.78, 5) is 25.4. The quantitative estimate of drug-likeness (QED) is 0.848. The van der Waals surface area contributed by atoms with Gasteiger partial charge < -0.3 is 14.5 Å². The molecule has 3 rings (SSSR count). The lowest BCUT2D eigenvalue weighted by atomic mass is 10.3. The highest BCUT2D eigenvalue weighted by Crippen LogP contribution is 2.32. The fourth-order valence-corrected chi connectivity index (χ4v) is 3.03. The molecule has 2 heterocycles. The number of carbonyl (C=O) groups excluding carboxylic acids is 1. The summed E-state index contributed by atoms with van der Waals surface area (Å²) in [6, 6.07) is 0. The van der Waals surface area contributed by atoms with Crippen molar-refractivity contribution < 1.29 is 9.53 Å². The van der Waals surface area contributed by atoms with E-state index in [1.807, 2.05) is 18.7 Å². The van der Waals surface area contributed by atoms with E-state index in [4.69, 9.17) is 4.74 Å². The fraction of sp³-hybridized carbons (Fsp3) is 0.688. The number of anilines is 1. The van der Waals surface area contributed by atoms with E-state index in [1.54, 1.807) is 7.11 Å². The maximum Gasteiger partial charge on any atom is 0.225 e. The Labute approximate surface area is 131 Å². The van der Waals surface area contributed by atoms with E-state index in [1.165, 1.54) is 0 Å². The zero-order valence-corrected chi connectivity index (χ0v) is 13.6. The Kier molecular flexibility index (Phi) is 4.18. The molecule has 0 radical (unpaired) electrons. The predicted octanol–water partition coefficient (Wildman–Crippen LogP) is 1.55. The average molecular weight is 304 g/mol. The van der Waals surface area contributed by atoms with Crippen LogP contribution in [0.4, 0.5) is 5.82 Å². The van der Waals surface area contributed by atoms with Crippen molar-refractivity contribution in [3.05, 3.63) is 11.4 Å². The normalized spacial score (nSPS) is 19.0. The van der Waals surface area contributed by atoms with E-state index in [0.29, 0.717) is 23.5 Å². The zero-order valence-electron chi connectivity index (χ0n) is 13.6. The van der Waals surface area contributed by atoms with Gasteiger partial charge in [-0.3, -0.25) is 4.79 Å². The first-order valence-corrected chi connectivity index (χ1v) is 8.03. The molecule has 1 saturated carbocycles. The van der Waals surface area contributed by atoms with E-state index in [2.05, 4.69) is 14.9 Å². The summed E-state index contributed by atoms with van der Waals surface area (Å²) in [5, 5.41) is 0. The van der Waals surface area contributed by atoms with Gasteiger partial charge in [0.25, 0.3) is 0 Å². The van der Waals surface area contributed by atoms with Crippen molar-refractivity contribution in [3.63, 3.8) is 0 Å². The van der Waals surface area contributed by atoms with E-state index in [0.717, 1.165) is 56.8 Å². The number of carbonyl (C=O) groups is 1. The van der Waals surface area contributed by atoms with Gasteiger partial charge in [-0.25, -0.2) is 4.98 Å². The van der Waals surface area contributed by atoms with Gasteiger partial charge in [-0.15, -0.1) is 0 Å². The van der Waals surface area contributed by atoms with Gasteiger partial charge >= 0.3 is 0 Å². The molecule has 0 bridgehead atoms. The Morgan fingerprint density at radius 2 is 1.91 bits per heavy atom. The second-order valence-electron chi connectivity index (χ2n) is 6.17. The smallest absolute Gasteiger partial charge is 0.225 e. The van der Waals surface area contributed by atoms with Crippen LogP contribution in [0.5, 0.6) is 5.88 Å². The first-order valence-electron chi connectivity index (χ1n) is 8.03. The largest absolute Gasteiger partial charge is 0.481 e. The van der Waals surface area contributed by atoms with Crippen molar-refractivity contribution in [2.24, 2.45) is 5.92 Å². The molecule has 6 heteroatoms. The lowest BCUT2D eigenvalue weighted by molar-refractivity contribution is -0.132. The monoisotopic (exact) mass is 304 g/mol. The molecule has 0 unspecified atom stereocenters. The fourth-order valence-electron chi connectivity index (χ4n) is 3.03. The minimum atomic E-state index is 0.301. The van der Waals surface area contributed by atoms with Crippen molar-refractivity contribution in [1.29, 1.82) is 0 Å². The van der Waals surface area contributed by atoms with Crippen molar-refractivity contribution >= 4 is 11.7 Å². The van der Waals surface area contributed by atoms with Crippen LogP contribution in [0.25, 0.3) is 0 Å². The molecule has 1 aromatic heterocycles. The highest BCUT2D eigenvalue weighted by atomic mass is 16.5. The highest BCUT2D eigenvalue weighted by molar-refractivity contribution is 5.81. The molecule has 6 nitrogen and oxygen atoms in total. The summed E-state index contributed by atoms with van der Waals surface area (Å²) < 4.78 is 5.35. The first-order chi connectivity index (χ1) is 10.6. The van der Waals surface area contributed by atoms with E-state index >= 15 is 0 Å². The lowest BCUT2D eigenvalue weighted by Gasteiger charge is -2.25. The van der Waals surface area contributed by atoms with Gasteiger partial charge in [-0.1, -0.05) is 0 Å². The van der Waals surface area contributed by atoms with Crippen LogP contribution < -0.4 is 9.64 Å². The number of aromatic nitrogens is 2. The third-order valence-electron chi connectivity index (χ3n) is 4.41. The molecule has 2 aliphatic rings. The maximum atomic E-state index is 12.2. The molecule has 1 amide bonds. The number of aryl methyl sites for hydroxylation is 1. The topological polar surface area (TPSA) is 58.6 Å². The third kappa shape index (κ3) is 3.00. The SMILES string of the molecule is COc1nc(C)nc(N2CCCN(C(=O)C3CC3)CC2)c1C. The van der Waals surface area contributed by atoms with Gasteiger partial charge in [-0.05, 0) is 33.1 Å². The number of methoxy groups -OCH3 is 1. The maximum absolute atomic E-state index is 12.2. The highest BCUT2D eigenvalue weighted by Gasteiger charge is 2.34. The Bertz CT molecular complexity index is 572. The van der Waals surface area contributed by atoms with Gasteiger partial charge in [0.1, 0.15) is 11.6 Å². The number of amides is 1. The Morgan fingerprint density at radius 3 is 2.59 bits per heavy atom. The van der Waals surface area contributed by atoms with Crippen molar-refractivity contribution in [1.82, 2.24) is 14.9 Å². The zero-order chi connectivity index (χ0) is 15.7. The van der Waals surface area contributed by atoms with Gasteiger partial charge in [0.2, 0.25) is 11.8 Å². The Balaban J connectivity index is 1.75. The molecular weight excluding hydrogens is 280 g/mol. The summed E-state index contributed by atoms with van der Waals surface area (Å²) in [7, 11) is 1.64. The molecule has 0 aromatic carbocycles. The number of hydrogen-bond acceptors (Lipinski definition) is 5. The van der Waals surface area contributed by atoms with Crippen LogP contribution >= 0.6 is 0 Å². The first kappa shape index (κ1) is 15.1. The second kappa shape index (κ2) is 6.10. The molecular formula is C16H24N4O2. The third-order valence-corrected chi connectivity index (χ3v) is 4.41. The summed E-state index contributed by atoms with van der Waals surface area (Å²) in [6.07, 6.45) is 3.12. The predicted molar refractivity (Wildman–Crippen MR) is 84.2 cm³/mol. The van der Waals surface area contributed by atoms with Gasteiger partial charge in [0, 0.05) is 32.1 Å². The van der Waals surface area contributed by atoms with Crippen LogP contribution in [-0.4, -0.2) is 54.1 Å². The molecule has 0 N–H and O–H groups in total. The number of hydrogen-bond donors (Lipinski definition) is 0. The van der Waals surface area contributed by atoms with Crippen LogP contribution in [0, 0.1) is 19.8 Å². The molecule has 1 aliphatic carbocycles. The van der Waals surface area contributed by atoms with E-state index < -0.39 is 0 Å². The molecule has 1 aliphatic heterocycles. The van der Waals surface area contributed by atoms with Crippen molar-refractivity contribution in [2.45, 2.75) is 33.1 Å². The number of ether oxygens (including phenoxy) is 1. The number of nitrogens with zero attached hydrogens (tertiary/aromatic N) is 4. The lowest BCUT2D eigenvalue weighted by Crippen LogP contribution is -2.36. The molecule has 1 aromatic rings. The van der Waals surface area contributed by atoms with Crippen LogP contribution in [0.2, 0.25) is 0 Å². The van der Waals surface area contributed by atoms with Crippen LogP contribution in [0.1, 0.15) is 30.7 Å². The molecule has 2 fully saturated rings. The second-order valence-corrected chi connectivity index (χ2v) is 6.17. The van der Waals surface area contributed by atoms with Gasteiger partial charge in [0.05, 0.1) is 12.7 Å². The number of rotatable bonds is 3. The molecule has 0 spiro atoms. The molecule has 120 valence electrons. The van der Waals surface area contributed by atoms with Crippen LogP contribution in [0.15, 0.2) is 0 Å². The molecule has 22 heavy (non-hydrogen) atoms. The van der Waals surface area contributed by atoms with Gasteiger partial charge in [-0.2, -0.15) is 4.98 Å². The molecule has 0 atom stereocenters. The molecule has 1 saturated heterocycles. The van der Waals surface area contributed by atoms with Crippen LogP contribution in [-0.2, 0) is 4.79 Å². The standard InChI is InChI=1S/C16H24N4O2/c1-11-14(17-12(2)18-15(11)22-3)19-7-4-8-20(10-9-19)16(21)13-5-6-13/h13H,4-10H2,1-3H3. The Hall–Kier alpha value is -1.85. The van der Waals surface area contributed by atoms with Crippen LogP contribution in [0.3, 0.4) is 0 Å². The summed E-state index contributed by atoms with van der Waals surface area (Å²) >= 11 is 0. The summed E-state index contributed by atoms with van der Waals surface area (Å²) in [5.74, 6) is 2.93.